The second kappa shape index (κ2) is 5.08. The Morgan fingerprint density at radius 1 is 1.05 bits per heavy atom. The highest BCUT2D eigenvalue weighted by molar-refractivity contribution is 7.18. The van der Waals surface area contributed by atoms with Gasteiger partial charge >= 0.3 is 0 Å². The van der Waals surface area contributed by atoms with Gasteiger partial charge in [0.05, 0.1) is 5.39 Å². The zero-order chi connectivity index (χ0) is 13.4. The van der Waals surface area contributed by atoms with E-state index in [0.29, 0.717) is 6.04 Å². The third-order valence-corrected chi connectivity index (χ3v) is 5.19. The number of anilines is 1. The number of thiophene rings is 1. The molecule has 0 amide bonds. The molecule has 2 aromatic heterocycles. The lowest BCUT2D eigenvalue weighted by atomic mass is 9.95. The van der Waals surface area contributed by atoms with Gasteiger partial charge in [-0.05, 0) is 39.2 Å². The van der Waals surface area contributed by atoms with Gasteiger partial charge in [0.15, 0.2) is 0 Å². The number of nitrogens with zero attached hydrogens (tertiary/aromatic N) is 2. The van der Waals surface area contributed by atoms with Gasteiger partial charge in [0.2, 0.25) is 0 Å². The predicted octanol–water partition coefficient (Wildman–Crippen LogP) is 4.36. The van der Waals surface area contributed by atoms with Gasteiger partial charge in [0.1, 0.15) is 16.5 Å². The number of fused-ring (bicyclic) bond motifs is 1. The highest BCUT2D eigenvalue weighted by Gasteiger charge is 2.18. The summed E-state index contributed by atoms with van der Waals surface area (Å²) in [6.07, 6.45) is 6.60. The van der Waals surface area contributed by atoms with Gasteiger partial charge in [0, 0.05) is 10.9 Å². The first-order chi connectivity index (χ1) is 9.15. The maximum Gasteiger partial charge on any atom is 0.139 e. The summed E-state index contributed by atoms with van der Waals surface area (Å²) in [5, 5.41) is 4.91. The normalized spacial score (nSPS) is 17.0. The maximum atomic E-state index is 4.65. The summed E-state index contributed by atoms with van der Waals surface area (Å²) < 4.78 is 0. The fourth-order valence-electron chi connectivity index (χ4n) is 2.90. The summed E-state index contributed by atoms with van der Waals surface area (Å²) in [6, 6.07) is 0.589. The molecule has 3 nitrogen and oxygen atoms in total. The third-order valence-electron chi connectivity index (χ3n) is 4.09. The van der Waals surface area contributed by atoms with Crippen LogP contribution in [0.5, 0.6) is 0 Å². The minimum Gasteiger partial charge on any atom is -0.367 e. The Kier molecular flexibility index (Phi) is 3.44. The molecular formula is C15H21N3S. The molecule has 2 aromatic rings. The lowest BCUT2D eigenvalue weighted by molar-refractivity contribution is 0.462. The molecule has 0 saturated heterocycles. The van der Waals surface area contributed by atoms with Crippen molar-refractivity contribution in [3.63, 3.8) is 0 Å². The van der Waals surface area contributed by atoms with Crippen LogP contribution in [0.15, 0.2) is 0 Å². The van der Waals surface area contributed by atoms with E-state index < -0.39 is 0 Å². The van der Waals surface area contributed by atoms with Crippen LogP contribution < -0.4 is 5.32 Å². The largest absolute Gasteiger partial charge is 0.367 e. The van der Waals surface area contributed by atoms with E-state index in [1.807, 2.05) is 6.92 Å². The molecule has 0 aromatic carbocycles. The topological polar surface area (TPSA) is 37.8 Å². The van der Waals surface area contributed by atoms with E-state index in [1.54, 1.807) is 11.3 Å². The molecule has 0 unspecified atom stereocenters. The van der Waals surface area contributed by atoms with Gasteiger partial charge < -0.3 is 5.32 Å². The quantitative estimate of drug-likeness (QED) is 0.884. The first-order valence-electron chi connectivity index (χ1n) is 7.16. The number of aryl methyl sites for hydroxylation is 3. The van der Waals surface area contributed by atoms with Crippen LogP contribution in [0.25, 0.3) is 10.2 Å². The molecule has 0 spiro atoms. The molecule has 1 saturated carbocycles. The highest BCUT2D eigenvalue weighted by atomic mass is 32.1. The molecule has 1 aliphatic carbocycles. The third kappa shape index (κ3) is 2.46. The summed E-state index contributed by atoms with van der Waals surface area (Å²) in [7, 11) is 0. The predicted molar refractivity (Wildman–Crippen MR) is 82.1 cm³/mol. The van der Waals surface area contributed by atoms with Crippen LogP contribution in [-0.4, -0.2) is 16.0 Å². The van der Waals surface area contributed by atoms with Gasteiger partial charge in [-0.1, -0.05) is 19.3 Å². The monoisotopic (exact) mass is 275 g/mol. The summed E-state index contributed by atoms with van der Waals surface area (Å²) >= 11 is 1.78. The molecule has 19 heavy (non-hydrogen) atoms. The van der Waals surface area contributed by atoms with E-state index in [0.717, 1.165) is 16.5 Å². The Hall–Kier alpha value is -1.16. The zero-order valence-electron chi connectivity index (χ0n) is 11.9. The van der Waals surface area contributed by atoms with Gasteiger partial charge in [-0.3, -0.25) is 0 Å². The molecule has 0 bridgehead atoms. The van der Waals surface area contributed by atoms with Crippen molar-refractivity contribution in [3.8, 4) is 0 Å². The lowest BCUT2D eigenvalue weighted by Gasteiger charge is -2.23. The second-order valence-electron chi connectivity index (χ2n) is 5.56. The Bertz CT molecular complexity index is 597. The zero-order valence-corrected chi connectivity index (χ0v) is 12.7. The van der Waals surface area contributed by atoms with Crippen molar-refractivity contribution in [3.05, 3.63) is 16.3 Å². The smallest absolute Gasteiger partial charge is 0.139 e. The van der Waals surface area contributed by atoms with E-state index in [2.05, 4.69) is 29.1 Å². The lowest BCUT2D eigenvalue weighted by Crippen LogP contribution is -2.23. The summed E-state index contributed by atoms with van der Waals surface area (Å²) in [5.41, 5.74) is 1.33. The van der Waals surface area contributed by atoms with Crippen molar-refractivity contribution in [2.75, 3.05) is 5.32 Å². The van der Waals surface area contributed by atoms with Crippen molar-refractivity contribution in [2.24, 2.45) is 0 Å². The minimum atomic E-state index is 0.589. The van der Waals surface area contributed by atoms with Crippen LogP contribution in [0.3, 0.4) is 0 Å². The molecular weight excluding hydrogens is 254 g/mol. The first-order valence-corrected chi connectivity index (χ1v) is 7.97. The van der Waals surface area contributed by atoms with Crippen molar-refractivity contribution >= 4 is 27.4 Å². The summed E-state index contributed by atoms with van der Waals surface area (Å²) in [5.74, 6) is 1.92. The van der Waals surface area contributed by atoms with Crippen molar-refractivity contribution < 1.29 is 0 Å². The average molecular weight is 275 g/mol. The Balaban J connectivity index is 2.01. The fraction of sp³-hybridized carbons (Fsp3) is 0.600. The summed E-state index contributed by atoms with van der Waals surface area (Å²) in [4.78, 5) is 11.7. The molecule has 4 heteroatoms. The average Bonchev–Trinajstić information content (AvgIpc) is 2.66. The van der Waals surface area contributed by atoms with E-state index in [4.69, 9.17) is 0 Å². The number of nitrogens with one attached hydrogen (secondary N) is 1. The molecule has 1 fully saturated rings. The van der Waals surface area contributed by atoms with Crippen LogP contribution in [-0.2, 0) is 0 Å². The SMILES string of the molecule is Cc1nc(NC2CCCCC2)c2c(C)c(C)sc2n1. The number of aromatic nitrogens is 2. The molecule has 3 rings (SSSR count). The molecule has 1 N–H and O–H groups in total. The Morgan fingerprint density at radius 3 is 2.53 bits per heavy atom. The molecule has 0 radical (unpaired) electrons. The standard InChI is InChI=1S/C15H21N3S/c1-9-10(2)19-15-13(9)14(16-11(3)17-15)18-12-7-5-4-6-8-12/h12H,4-8H2,1-3H3,(H,16,17,18). The van der Waals surface area contributed by atoms with E-state index >= 15 is 0 Å². The van der Waals surface area contributed by atoms with Crippen molar-refractivity contribution in [1.29, 1.82) is 0 Å². The minimum absolute atomic E-state index is 0.589. The van der Waals surface area contributed by atoms with Crippen LogP contribution in [0.4, 0.5) is 5.82 Å². The number of hydrogen-bond acceptors (Lipinski definition) is 4. The maximum absolute atomic E-state index is 4.65. The number of hydrogen-bond donors (Lipinski definition) is 1. The van der Waals surface area contributed by atoms with Crippen LogP contribution in [0, 0.1) is 20.8 Å². The Labute approximate surface area is 118 Å². The highest BCUT2D eigenvalue weighted by Crippen LogP contribution is 2.34. The molecule has 2 heterocycles. The molecule has 0 aliphatic heterocycles. The fourth-order valence-corrected chi connectivity index (χ4v) is 3.98. The molecule has 102 valence electrons. The molecule has 0 atom stereocenters. The summed E-state index contributed by atoms with van der Waals surface area (Å²) in [6.45, 7) is 6.33. The van der Waals surface area contributed by atoms with E-state index in [-0.39, 0.29) is 0 Å². The van der Waals surface area contributed by atoms with Crippen LogP contribution >= 0.6 is 11.3 Å². The van der Waals surface area contributed by atoms with Crippen LogP contribution in [0.2, 0.25) is 0 Å². The second-order valence-corrected chi connectivity index (χ2v) is 6.77. The van der Waals surface area contributed by atoms with Crippen molar-refractivity contribution in [1.82, 2.24) is 9.97 Å². The van der Waals surface area contributed by atoms with Gasteiger partial charge in [-0.25, -0.2) is 9.97 Å². The van der Waals surface area contributed by atoms with Gasteiger partial charge in [0.25, 0.3) is 0 Å². The van der Waals surface area contributed by atoms with Gasteiger partial charge in [-0.2, -0.15) is 0 Å². The number of rotatable bonds is 2. The van der Waals surface area contributed by atoms with Gasteiger partial charge in [-0.15, -0.1) is 11.3 Å². The van der Waals surface area contributed by atoms with Crippen molar-refractivity contribution in [2.45, 2.75) is 58.9 Å². The van der Waals surface area contributed by atoms with E-state index in [1.165, 1.54) is 47.9 Å². The molecule has 1 aliphatic rings. The first kappa shape index (κ1) is 12.9. The Morgan fingerprint density at radius 2 is 1.79 bits per heavy atom. The van der Waals surface area contributed by atoms with E-state index in [9.17, 15) is 0 Å². The van der Waals surface area contributed by atoms with Crippen LogP contribution in [0.1, 0.15) is 48.4 Å².